The Morgan fingerprint density at radius 3 is 2.36 bits per heavy atom. The van der Waals surface area contributed by atoms with Crippen LogP contribution in [0.5, 0.6) is 0 Å². The Labute approximate surface area is 207 Å². The molecule has 1 aliphatic carbocycles. The number of furan rings is 1. The first-order chi connectivity index (χ1) is 17.5. The minimum absolute atomic E-state index is 0.100. The summed E-state index contributed by atoms with van der Waals surface area (Å²) in [4.78, 5) is 37.9. The van der Waals surface area contributed by atoms with Crippen molar-refractivity contribution in [1.82, 2.24) is 16.3 Å². The molecule has 0 fully saturated rings. The fourth-order valence-electron chi connectivity index (χ4n) is 4.43. The van der Waals surface area contributed by atoms with Crippen LogP contribution in [-0.2, 0) is 6.42 Å². The first-order valence-corrected chi connectivity index (χ1v) is 11.7. The van der Waals surface area contributed by atoms with Gasteiger partial charge in [-0.1, -0.05) is 54.6 Å². The summed E-state index contributed by atoms with van der Waals surface area (Å²) in [5, 5.41) is 6.23. The third kappa shape index (κ3) is 4.48. The lowest BCUT2D eigenvalue weighted by Gasteiger charge is -2.13. The van der Waals surface area contributed by atoms with Crippen molar-refractivity contribution in [2.75, 3.05) is 0 Å². The minimum atomic E-state index is -0.565. The second-order valence-corrected chi connectivity index (χ2v) is 8.51. The third-order valence-electron chi connectivity index (χ3n) is 6.18. The standard InChI is InChI=1S/C28H24N4O4/c1-17-24-22(29-31-27(34)21-14-7-12-18-9-5-6-13-20(18)21)15-8-16-23(24)36-25(17)28(35)32-30-26(33)19-10-3-2-4-11-19/h2-7,9-14H,8,15-16H2,1H3,(H,30,33)(H,31,34)(H,32,35)/b29-22+. The molecule has 0 saturated carbocycles. The largest absolute Gasteiger partial charge is 0.455 e. The number of fused-ring (bicyclic) bond motifs is 2. The van der Waals surface area contributed by atoms with Gasteiger partial charge in [-0.25, -0.2) is 5.43 Å². The molecule has 0 radical (unpaired) electrons. The molecule has 3 aromatic carbocycles. The van der Waals surface area contributed by atoms with Crippen LogP contribution in [0.2, 0.25) is 0 Å². The zero-order chi connectivity index (χ0) is 25.1. The molecule has 0 aliphatic heterocycles. The van der Waals surface area contributed by atoms with Crippen LogP contribution < -0.4 is 16.3 Å². The Balaban J connectivity index is 1.33. The zero-order valence-electron chi connectivity index (χ0n) is 19.6. The lowest BCUT2D eigenvalue weighted by atomic mass is 9.93. The Bertz CT molecular complexity index is 1500. The first kappa shape index (κ1) is 23.0. The summed E-state index contributed by atoms with van der Waals surface area (Å²) in [6, 6.07) is 21.8. The molecule has 5 rings (SSSR count). The average molecular weight is 481 g/mol. The topological polar surface area (TPSA) is 113 Å². The normalized spacial score (nSPS) is 13.8. The van der Waals surface area contributed by atoms with E-state index in [-0.39, 0.29) is 11.7 Å². The van der Waals surface area contributed by atoms with Crippen molar-refractivity contribution in [3.8, 4) is 0 Å². The third-order valence-corrected chi connectivity index (χ3v) is 6.18. The lowest BCUT2D eigenvalue weighted by Crippen LogP contribution is -2.41. The van der Waals surface area contributed by atoms with Crippen LogP contribution in [0, 0.1) is 6.92 Å². The SMILES string of the molecule is Cc1c(C(=O)NNC(=O)c2ccccc2)oc2c1/C(=N/NC(=O)c1cccc3ccccc13)CCC2. The molecule has 0 spiro atoms. The van der Waals surface area contributed by atoms with E-state index in [2.05, 4.69) is 21.4 Å². The van der Waals surface area contributed by atoms with E-state index in [9.17, 15) is 14.4 Å². The Morgan fingerprint density at radius 2 is 1.53 bits per heavy atom. The second kappa shape index (κ2) is 9.87. The van der Waals surface area contributed by atoms with Crippen LogP contribution in [0.15, 0.2) is 82.3 Å². The van der Waals surface area contributed by atoms with Crippen molar-refractivity contribution >= 4 is 34.2 Å². The van der Waals surface area contributed by atoms with Crippen LogP contribution >= 0.6 is 0 Å². The summed E-state index contributed by atoms with van der Waals surface area (Å²) >= 11 is 0. The highest BCUT2D eigenvalue weighted by molar-refractivity contribution is 6.09. The molecule has 0 bridgehead atoms. The summed E-state index contributed by atoms with van der Waals surface area (Å²) in [6.45, 7) is 1.77. The number of nitrogens with zero attached hydrogens (tertiary/aromatic N) is 1. The molecule has 0 atom stereocenters. The maximum atomic E-state index is 12.9. The van der Waals surface area contributed by atoms with Gasteiger partial charge < -0.3 is 4.42 Å². The quantitative estimate of drug-likeness (QED) is 0.378. The zero-order valence-corrected chi connectivity index (χ0v) is 19.6. The molecule has 1 aliphatic rings. The average Bonchev–Trinajstić information content (AvgIpc) is 3.27. The maximum Gasteiger partial charge on any atom is 0.305 e. The maximum absolute atomic E-state index is 12.9. The van der Waals surface area contributed by atoms with E-state index in [0.717, 1.165) is 22.8 Å². The van der Waals surface area contributed by atoms with Crippen LogP contribution in [-0.4, -0.2) is 23.4 Å². The highest BCUT2D eigenvalue weighted by Crippen LogP contribution is 2.30. The molecule has 1 aromatic heterocycles. The lowest BCUT2D eigenvalue weighted by molar-refractivity contribution is 0.0829. The van der Waals surface area contributed by atoms with Gasteiger partial charge in [0.25, 0.3) is 11.8 Å². The molecule has 8 heteroatoms. The predicted molar refractivity (Wildman–Crippen MR) is 136 cm³/mol. The highest BCUT2D eigenvalue weighted by atomic mass is 16.4. The number of benzene rings is 3. The summed E-state index contributed by atoms with van der Waals surface area (Å²) in [5.74, 6) is -0.574. The highest BCUT2D eigenvalue weighted by Gasteiger charge is 2.28. The van der Waals surface area contributed by atoms with Crippen LogP contribution in [0.3, 0.4) is 0 Å². The molecule has 3 N–H and O–H groups in total. The number of hydrazone groups is 1. The van der Waals surface area contributed by atoms with Gasteiger partial charge in [-0.2, -0.15) is 5.10 Å². The van der Waals surface area contributed by atoms with Gasteiger partial charge in [0, 0.05) is 28.7 Å². The Hall–Kier alpha value is -4.72. The van der Waals surface area contributed by atoms with Crippen LogP contribution in [0.25, 0.3) is 10.8 Å². The molecule has 1 heterocycles. The van der Waals surface area contributed by atoms with Crippen molar-refractivity contribution in [2.45, 2.75) is 26.2 Å². The molecule has 3 amide bonds. The Morgan fingerprint density at radius 1 is 0.806 bits per heavy atom. The predicted octanol–water partition coefficient (Wildman–Crippen LogP) is 4.29. The molecule has 4 aromatic rings. The van der Waals surface area contributed by atoms with Crippen molar-refractivity contribution in [1.29, 1.82) is 0 Å². The Kier molecular flexibility index (Phi) is 6.32. The van der Waals surface area contributed by atoms with Crippen molar-refractivity contribution < 1.29 is 18.8 Å². The molecular weight excluding hydrogens is 456 g/mol. The van der Waals surface area contributed by atoms with Gasteiger partial charge in [0.15, 0.2) is 5.76 Å². The number of hydrazine groups is 1. The monoisotopic (exact) mass is 480 g/mol. The number of hydrogen-bond acceptors (Lipinski definition) is 5. The number of carbonyl (C=O) groups is 3. The van der Waals surface area contributed by atoms with E-state index >= 15 is 0 Å². The number of hydrogen-bond donors (Lipinski definition) is 3. The fourth-order valence-corrected chi connectivity index (χ4v) is 4.43. The first-order valence-electron chi connectivity index (χ1n) is 11.7. The van der Waals surface area contributed by atoms with E-state index in [1.165, 1.54) is 0 Å². The molecule has 0 saturated heterocycles. The van der Waals surface area contributed by atoms with Gasteiger partial charge in [0.1, 0.15) is 5.76 Å². The van der Waals surface area contributed by atoms with Gasteiger partial charge in [0.05, 0.1) is 5.71 Å². The second-order valence-electron chi connectivity index (χ2n) is 8.51. The number of rotatable bonds is 4. The molecular formula is C28H24N4O4. The van der Waals surface area contributed by atoms with E-state index in [4.69, 9.17) is 4.42 Å². The van der Waals surface area contributed by atoms with Crippen LogP contribution in [0.4, 0.5) is 0 Å². The van der Waals surface area contributed by atoms with Gasteiger partial charge in [-0.3, -0.25) is 25.2 Å². The van der Waals surface area contributed by atoms with E-state index in [1.807, 2.05) is 36.4 Å². The summed E-state index contributed by atoms with van der Waals surface area (Å²) in [5.41, 5.74) is 10.4. The van der Waals surface area contributed by atoms with Gasteiger partial charge in [0.2, 0.25) is 0 Å². The molecule has 36 heavy (non-hydrogen) atoms. The van der Waals surface area contributed by atoms with Gasteiger partial charge >= 0.3 is 5.91 Å². The smallest absolute Gasteiger partial charge is 0.305 e. The van der Waals surface area contributed by atoms with Gasteiger partial charge in [-0.15, -0.1) is 0 Å². The summed E-state index contributed by atoms with van der Waals surface area (Å²) in [7, 11) is 0. The van der Waals surface area contributed by atoms with E-state index in [1.54, 1.807) is 43.3 Å². The summed E-state index contributed by atoms with van der Waals surface area (Å²) < 4.78 is 5.86. The number of amides is 3. The van der Waals surface area contributed by atoms with Crippen LogP contribution in [0.1, 0.15) is 61.0 Å². The van der Waals surface area contributed by atoms with E-state index in [0.29, 0.717) is 41.0 Å². The number of nitrogens with one attached hydrogen (secondary N) is 3. The van der Waals surface area contributed by atoms with Crippen molar-refractivity contribution in [2.24, 2.45) is 5.10 Å². The van der Waals surface area contributed by atoms with Gasteiger partial charge in [-0.05, 0) is 48.7 Å². The van der Waals surface area contributed by atoms with E-state index < -0.39 is 11.8 Å². The molecule has 8 nitrogen and oxygen atoms in total. The van der Waals surface area contributed by atoms with Crippen molar-refractivity contribution in [3.63, 3.8) is 0 Å². The summed E-state index contributed by atoms with van der Waals surface area (Å²) in [6.07, 6.45) is 2.06. The fraction of sp³-hybridized carbons (Fsp3) is 0.143. The number of carbonyl (C=O) groups excluding carboxylic acids is 3. The van der Waals surface area contributed by atoms with Crippen molar-refractivity contribution in [3.05, 3.63) is 107 Å². The molecule has 180 valence electrons. The molecule has 0 unspecified atom stereocenters. The minimum Gasteiger partial charge on any atom is -0.455 e. The number of aryl methyl sites for hydroxylation is 1.